The highest BCUT2D eigenvalue weighted by Gasteiger charge is 2.29. The van der Waals surface area contributed by atoms with Gasteiger partial charge in [0.15, 0.2) is 0 Å². The highest BCUT2D eigenvalue weighted by molar-refractivity contribution is 5.96. The number of likely N-dealkylation sites (tertiary alicyclic amines) is 1. The highest BCUT2D eigenvalue weighted by atomic mass is 16.2. The van der Waals surface area contributed by atoms with E-state index in [4.69, 9.17) is 0 Å². The molecule has 0 unspecified atom stereocenters. The predicted octanol–water partition coefficient (Wildman–Crippen LogP) is -0.458. The molecule has 2 fully saturated rings. The van der Waals surface area contributed by atoms with Gasteiger partial charge in [0, 0.05) is 26.2 Å². The lowest BCUT2D eigenvalue weighted by Crippen LogP contribution is -2.45. The van der Waals surface area contributed by atoms with Gasteiger partial charge in [-0.15, -0.1) is 0 Å². The van der Waals surface area contributed by atoms with E-state index in [-0.39, 0.29) is 11.9 Å². The summed E-state index contributed by atoms with van der Waals surface area (Å²) in [5.74, 6) is 0.368. The first-order chi connectivity index (χ1) is 10.2. The van der Waals surface area contributed by atoms with Gasteiger partial charge >= 0.3 is 6.03 Å². The quantitative estimate of drug-likeness (QED) is 0.812. The third-order valence-electron chi connectivity index (χ3n) is 4.03. The molecule has 0 saturated carbocycles. The van der Waals surface area contributed by atoms with Crippen molar-refractivity contribution in [3.8, 4) is 0 Å². The number of hydrogen-bond donors (Lipinski definition) is 1. The molecule has 2 aliphatic rings. The Kier molecular flexibility index (Phi) is 4.14. The summed E-state index contributed by atoms with van der Waals surface area (Å²) in [4.78, 5) is 31.0. The second kappa shape index (κ2) is 6.21. The molecular weight excluding hydrogens is 272 g/mol. The van der Waals surface area contributed by atoms with Gasteiger partial charge in [0.25, 0.3) is 0 Å². The first kappa shape index (κ1) is 14.0. The second-order valence-corrected chi connectivity index (χ2v) is 5.64. The molecule has 8 heteroatoms. The van der Waals surface area contributed by atoms with Crippen LogP contribution in [-0.2, 0) is 11.3 Å². The number of carbonyl (C=O) groups excluding carboxylic acids is 2. The number of urea groups is 1. The average molecular weight is 292 g/mol. The fraction of sp³-hybridized carbons (Fsp3) is 0.692. The molecule has 0 aromatic carbocycles. The van der Waals surface area contributed by atoms with Crippen LogP contribution in [0.3, 0.4) is 0 Å². The molecule has 0 radical (unpaired) electrons. The van der Waals surface area contributed by atoms with Crippen LogP contribution < -0.4 is 5.32 Å². The van der Waals surface area contributed by atoms with Crippen molar-refractivity contribution in [1.82, 2.24) is 29.9 Å². The number of piperidine rings is 1. The number of rotatable bonds is 4. The SMILES string of the molecule is O=C(CN1CCC[C@@H](Cn2cncn2)C1)N1CCNC1=O. The number of aromatic nitrogens is 3. The van der Waals surface area contributed by atoms with E-state index in [1.54, 1.807) is 6.33 Å². The molecule has 0 aliphatic carbocycles. The molecule has 2 aliphatic heterocycles. The third kappa shape index (κ3) is 3.38. The van der Waals surface area contributed by atoms with Crippen LogP contribution in [0.5, 0.6) is 0 Å². The largest absolute Gasteiger partial charge is 0.336 e. The molecule has 1 aromatic rings. The summed E-state index contributed by atoms with van der Waals surface area (Å²) in [5, 5.41) is 6.78. The molecule has 2 saturated heterocycles. The van der Waals surface area contributed by atoms with Gasteiger partial charge < -0.3 is 5.32 Å². The maximum Gasteiger partial charge on any atom is 0.324 e. The first-order valence-electron chi connectivity index (χ1n) is 7.35. The van der Waals surface area contributed by atoms with Crippen LogP contribution in [0, 0.1) is 5.92 Å². The summed E-state index contributed by atoms with van der Waals surface area (Å²) >= 11 is 0. The number of imide groups is 1. The normalized spacial score (nSPS) is 23.3. The van der Waals surface area contributed by atoms with Gasteiger partial charge in [-0.3, -0.25) is 19.3 Å². The minimum Gasteiger partial charge on any atom is -0.336 e. The number of nitrogens with one attached hydrogen (secondary N) is 1. The van der Waals surface area contributed by atoms with Gasteiger partial charge in [-0.25, -0.2) is 9.78 Å². The number of nitrogens with zero attached hydrogens (tertiary/aromatic N) is 5. The molecule has 1 atom stereocenters. The van der Waals surface area contributed by atoms with Crippen LogP contribution >= 0.6 is 0 Å². The molecule has 3 amide bonds. The zero-order valence-electron chi connectivity index (χ0n) is 11.9. The minimum atomic E-state index is -0.267. The van der Waals surface area contributed by atoms with E-state index in [9.17, 15) is 9.59 Å². The van der Waals surface area contributed by atoms with E-state index < -0.39 is 0 Å². The Hall–Kier alpha value is -1.96. The lowest BCUT2D eigenvalue weighted by Gasteiger charge is -2.32. The summed E-state index contributed by atoms with van der Waals surface area (Å²) < 4.78 is 1.84. The van der Waals surface area contributed by atoms with Crippen molar-refractivity contribution in [3.05, 3.63) is 12.7 Å². The Morgan fingerprint density at radius 2 is 2.33 bits per heavy atom. The fourth-order valence-corrected chi connectivity index (χ4v) is 3.02. The standard InChI is InChI=1S/C13H20N6O2/c20-12(19-5-3-15-13(19)21)8-17-4-1-2-11(6-17)7-18-10-14-9-16-18/h9-11H,1-8H2,(H,15,21)/t11-/m1/s1. The van der Waals surface area contributed by atoms with E-state index in [1.165, 1.54) is 11.2 Å². The minimum absolute atomic E-state index is 0.105. The van der Waals surface area contributed by atoms with Crippen LogP contribution in [0.4, 0.5) is 4.79 Å². The van der Waals surface area contributed by atoms with Crippen molar-refractivity contribution < 1.29 is 9.59 Å². The van der Waals surface area contributed by atoms with Crippen molar-refractivity contribution >= 4 is 11.9 Å². The van der Waals surface area contributed by atoms with Gasteiger partial charge in [0.2, 0.25) is 5.91 Å². The van der Waals surface area contributed by atoms with Crippen LogP contribution in [-0.4, -0.2) is 69.2 Å². The van der Waals surface area contributed by atoms with Crippen LogP contribution in [0.1, 0.15) is 12.8 Å². The van der Waals surface area contributed by atoms with Crippen molar-refractivity contribution in [3.63, 3.8) is 0 Å². The predicted molar refractivity (Wildman–Crippen MR) is 74.3 cm³/mol. The van der Waals surface area contributed by atoms with Gasteiger partial charge in [-0.05, 0) is 25.3 Å². The zero-order valence-corrected chi connectivity index (χ0v) is 11.9. The monoisotopic (exact) mass is 292 g/mol. The van der Waals surface area contributed by atoms with E-state index >= 15 is 0 Å². The van der Waals surface area contributed by atoms with E-state index in [0.717, 1.165) is 32.5 Å². The maximum atomic E-state index is 12.1. The summed E-state index contributed by atoms with van der Waals surface area (Å²) in [5.41, 5.74) is 0. The number of carbonyl (C=O) groups is 2. The lowest BCUT2D eigenvalue weighted by molar-refractivity contribution is -0.129. The zero-order chi connectivity index (χ0) is 14.7. The summed E-state index contributed by atoms with van der Waals surface area (Å²) in [6.07, 6.45) is 5.46. The molecule has 0 spiro atoms. The van der Waals surface area contributed by atoms with E-state index in [0.29, 0.717) is 25.6 Å². The lowest BCUT2D eigenvalue weighted by atomic mass is 9.98. The van der Waals surface area contributed by atoms with E-state index in [2.05, 4.69) is 20.3 Å². The van der Waals surface area contributed by atoms with Gasteiger partial charge in [-0.1, -0.05) is 0 Å². The van der Waals surface area contributed by atoms with Crippen LogP contribution in [0.25, 0.3) is 0 Å². The second-order valence-electron chi connectivity index (χ2n) is 5.64. The maximum absolute atomic E-state index is 12.1. The van der Waals surface area contributed by atoms with Gasteiger partial charge in [-0.2, -0.15) is 5.10 Å². The van der Waals surface area contributed by atoms with Gasteiger partial charge in [0.05, 0.1) is 6.54 Å². The van der Waals surface area contributed by atoms with Crippen molar-refractivity contribution in [2.24, 2.45) is 5.92 Å². The highest BCUT2D eigenvalue weighted by Crippen LogP contribution is 2.18. The number of amides is 3. The molecule has 3 heterocycles. The van der Waals surface area contributed by atoms with Crippen LogP contribution in [0.15, 0.2) is 12.7 Å². The Bertz CT molecular complexity index is 503. The topological polar surface area (TPSA) is 83.4 Å². The summed E-state index contributed by atoms with van der Waals surface area (Å²) in [6.45, 7) is 3.96. The fourth-order valence-electron chi connectivity index (χ4n) is 3.02. The van der Waals surface area contributed by atoms with E-state index in [1.807, 2.05) is 4.68 Å². The van der Waals surface area contributed by atoms with Crippen molar-refractivity contribution in [2.45, 2.75) is 19.4 Å². The molecule has 1 N–H and O–H groups in total. The molecule has 8 nitrogen and oxygen atoms in total. The van der Waals surface area contributed by atoms with Crippen molar-refractivity contribution in [2.75, 3.05) is 32.7 Å². The third-order valence-corrected chi connectivity index (χ3v) is 4.03. The molecule has 3 rings (SSSR count). The molecule has 21 heavy (non-hydrogen) atoms. The van der Waals surface area contributed by atoms with Gasteiger partial charge in [0.1, 0.15) is 12.7 Å². The smallest absolute Gasteiger partial charge is 0.324 e. The average Bonchev–Trinajstić information content (AvgIpc) is 3.10. The molecule has 0 bridgehead atoms. The Morgan fingerprint density at radius 3 is 3.05 bits per heavy atom. The Balaban J connectivity index is 1.51. The van der Waals surface area contributed by atoms with Crippen molar-refractivity contribution in [1.29, 1.82) is 0 Å². The molecule has 1 aromatic heterocycles. The Labute approximate surface area is 123 Å². The molecular formula is C13H20N6O2. The Morgan fingerprint density at radius 1 is 1.43 bits per heavy atom. The summed E-state index contributed by atoms with van der Waals surface area (Å²) in [6, 6.07) is -0.267. The van der Waals surface area contributed by atoms with Crippen LogP contribution in [0.2, 0.25) is 0 Å². The molecule has 114 valence electrons. The number of hydrogen-bond acceptors (Lipinski definition) is 5. The summed E-state index contributed by atoms with van der Waals surface area (Å²) in [7, 11) is 0. The first-order valence-corrected chi connectivity index (χ1v) is 7.35.